The molecule has 0 heterocycles. The van der Waals surface area contributed by atoms with Crippen LogP contribution in [0.2, 0.25) is 0 Å². The Hall–Kier alpha value is -1.89. The molecular formula is C15H22F2N2O3. The van der Waals surface area contributed by atoms with E-state index >= 15 is 0 Å². The normalized spacial score (nSPS) is 12.1. The number of aliphatic hydroxyl groups excluding tert-OH is 1. The van der Waals surface area contributed by atoms with Gasteiger partial charge in [0.1, 0.15) is 5.75 Å². The summed E-state index contributed by atoms with van der Waals surface area (Å²) in [5, 5.41) is 11.8. The number of urea groups is 1. The molecule has 124 valence electrons. The molecule has 2 amide bonds. The van der Waals surface area contributed by atoms with E-state index in [0.29, 0.717) is 18.5 Å². The van der Waals surface area contributed by atoms with Crippen LogP contribution >= 0.6 is 0 Å². The van der Waals surface area contributed by atoms with Crippen molar-refractivity contribution in [2.45, 2.75) is 39.5 Å². The highest BCUT2D eigenvalue weighted by Gasteiger charge is 2.13. The van der Waals surface area contributed by atoms with Gasteiger partial charge < -0.3 is 20.1 Å². The molecule has 1 atom stereocenters. The summed E-state index contributed by atoms with van der Waals surface area (Å²) in [6.45, 7) is 1.05. The van der Waals surface area contributed by atoms with E-state index in [1.807, 2.05) is 6.92 Å². The molecule has 0 aliphatic carbocycles. The fraction of sp³-hybridized carbons (Fsp3) is 0.533. The van der Waals surface area contributed by atoms with Crippen LogP contribution in [0.1, 0.15) is 24.5 Å². The first kappa shape index (κ1) is 18.2. The number of nitrogens with one attached hydrogen (secondary N) is 1. The minimum absolute atomic E-state index is 0.0486. The second-order valence-corrected chi connectivity index (χ2v) is 5.21. The van der Waals surface area contributed by atoms with E-state index in [2.05, 4.69) is 10.1 Å². The summed E-state index contributed by atoms with van der Waals surface area (Å²) in [4.78, 5) is 13.3. The van der Waals surface area contributed by atoms with Gasteiger partial charge in [-0.2, -0.15) is 8.78 Å². The van der Waals surface area contributed by atoms with E-state index in [1.165, 1.54) is 11.0 Å². The van der Waals surface area contributed by atoms with Gasteiger partial charge in [0.05, 0.1) is 6.10 Å². The molecule has 0 radical (unpaired) electrons. The lowest BCUT2D eigenvalue weighted by atomic mass is 10.1. The Morgan fingerprint density at radius 1 is 1.45 bits per heavy atom. The molecule has 2 N–H and O–H groups in total. The Morgan fingerprint density at radius 3 is 2.73 bits per heavy atom. The number of benzene rings is 1. The molecule has 1 rings (SSSR count). The number of nitrogens with zero attached hydrogens (tertiary/aromatic N) is 1. The number of halogens is 2. The van der Waals surface area contributed by atoms with E-state index in [1.54, 1.807) is 26.1 Å². The SMILES string of the molecule is Cc1ccc(OC(F)F)c(CNC(=O)N(C)CCC(C)O)c1. The summed E-state index contributed by atoms with van der Waals surface area (Å²) in [5.41, 5.74) is 1.37. The zero-order valence-corrected chi connectivity index (χ0v) is 13.0. The first-order valence-electron chi connectivity index (χ1n) is 7.01. The van der Waals surface area contributed by atoms with Crippen LogP contribution in [-0.4, -0.2) is 42.3 Å². The largest absolute Gasteiger partial charge is 0.434 e. The maximum absolute atomic E-state index is 12.4. The third kappa shape index (κ3) is 6.26. The van der Waals surface area contributed by atoms with Gasteiger partial charge in [-0.3, -0.25) is 0 Å². The van der Waals surface area contributed by atoms with Crippen molar-refractivity contribution >= 4 is 6.03 Å². The number of ether oxygens (including phenoxy) is 1. The van der Waals surface area contributed by atoms with Crippen LogP contribution in [0.3, 0.4) is 0 Å². The summed E-state index contributed by atoms with van der Waals surface area (Å²) < 4.78 is 29.2. The van der Waals surface area contributed by atoms with Crippen LogP contribution in [-0.2, 0) is 6.54 Å². The third-order valence-corrected chi connectivity index (χ3v) is 3.09. The van der Waals surface area contributed by atoms with Crippen LogP contribution in [0.5, 0.6) is 5.75 Å². The first-order valence-corrected chi connectivity index (χ1v) is 7.01. The molecule has 0 aliphatic heterocycles. The molecule has 0 saturated heterocycles. The Balaban J connectivity index is 2.62. The van der Waals surface area contributed by atoms with E-state index in [9.17, 15) is 18.7 Å². The van der Waals surface area contributed by atoms with Crippen LogP contribution < -0.4 is 10.1 Å². The summed E-state index contributed by atoms with van der Waals surface area (Å²) in [6.07, 6.45) is -0.0215. The predicted molar refractivity (Wildman–Crippen MR) is 79.0 cm³/mol. The molecule has 0 bridgehead atoms. The predicted octanol–water partition coefficient (Wildman–Crippen LogP) is 2.51. The number of aryl methyl sites for hydroxylation is 1. The van der Waals surface area contributed by atoms with Gasteiger partial charge in [0.2, 0.25) is 0 Å². The van der Waals surface area contributed by atoms with E-state index in [4.69, 9.17) is 0 Å². The second-order valence-electron chi connectivity index (χ2n) is 5.21. The van der Waals surface area contributed by atoms with Gasteiger partial charge in [0, 0.05) is 25.7 Å². The molecule has 22 heavy (non-hydrogen) atoms. The number of rotatable bonds is 7. The maximum Gasteiger partial charge on any atom is 0.387 e. The Bertz CT molecular complexity index is 496. The van der Waals surface area contributed by atoms with Crippen LogP contribution in [0.4, 0.5) is 13.6 Å². The fourth-order valence-corrected chi connectivity index (χ4v) is 1.85. The number of carbonyl (C=O) groups is 1. The van der Waals surface area contributed by atoms with Crippen molar-refractivity contribution in [3.63, 3.8) is 0 Å². The van der Waals surface area contributed by atoms with Crippen molar-refractivity contribution < 1.29 is 23.4 Å². The van der Waals surface area contributed by atoms with Gasteiger partial charge in [-0.05, 0) is 26.3 Å². The standard InChI is InChI=1S/C15H22F2N2O3/c1-10-4-5-13(22-14(16)17)12(8-10)9-18-15(21)19(3)7-6-11(2)20/h4-5,8,11,14,20H,6-7,9H2,1-3H3,(H,18,21). The molecular weight excluding hydrogens is 294 g/mol. The molecule has 5 nitrogen and oxygen atoms in total. The van der Waals surface area contributed by atoms with Crippen LogP contribution in [0, 0.1) is 6.92 Å². The highest BCUT2D eigenvalue weighted by atomic mass is 19.3. The summed E-state index contributed by atoms with van der Waals surface area (Å²) >= 11 is 0. The number of aliphatic hydroxyl groups is 1. The second kappa shape index (κ2) is 8.53. The minimum atomic E-state index is -2.91. The maximum atomic E-state index is 12.4. The molecule has 0 fully saturated rings. The number of alkyl halides is 2. The minimum Gasteiger partial charge on any atom is -0.434 e. The quantitative estimate of drug-likeness (QED) is 0.812. The van der Waals surface area contributed by atoms with Gasteiger partial charge in [-0.25, -0.2) is 4.79 Å². The van der Waals surface area contributed by atoms with Crippen molar-refractivity contribution in [3.8, 4) is 5.75 Å². The fourth-order valence-electron chi connectivity index (χ4n) is 1.85. The van der Waals surface area contributed by atoms with Crippen LogP contribution in [0.25, 0.3) is 0 Å². The third-order valence-electron chi connectivity index (χ3n) is 3.09. The van der Waals surface area contributed by atoms with Crippen molar-refractivity contribution in [1.29, 1.82) is 0 Å². The molecule has 0 aliphatic rings. The zero-order valence-electron chi connectivity index (χ0n) is 13.0. The van der Waals surface area contributed by atoms with Crippen molar-refractivity contribution in [2.24, 2.45) is 0 Å². The molecule has 1 aromatic carbocycles. The van der Waals surface area contributed by atoms with Gasteiger partial charge in [-0.1, -0.05) is 17.7 Å². The highest BCUT2D eigenvalue weighted by molar-refractivity contribution is 5.73. The molecule has 1 unspecified atom stereocenters. The van der Waals surface area contributed by atoms with Gasteiger partial charge in [-0.15, -0.1) is 0 Å². The summed E-state index contributed by atoms with van der Waals surface area (Å²) in [5.74, 6) is 0.0486. The number of hydrogen-bond donors (Lipinski definition) is 2. The average Bonchev–Trinajstić information content (AvgIpc) is 2.44. The average molecular weight is 316 g/mol. The lowest BCUT2D eigenvalue weighted by Gasteiger charge is -2.19. The Morgan fingerprint density at radius 2 is 2.14 bits per heavy atom. The summed E-state index contributed by atoms with van der Waals surface area (Å²) in [7, 11) is 1.60. The lowest BCUT2D eigenvalue weighted by Crippen LogP contribution is -2.38. The molecule has 0 saturated carbocycles. The molecule has 1 aromatic rings. The molecule has 0 spiro atoms. The Labute approximate surface area is 128 Å². The smallest absolute Gasteiger partial charge is 0.387 e. The number of carbonyl (C=O) groups excluding carboxylic acids is 1. The summed E-state index contributed by atoms with van der Waals surface area (Å²) in [6, 6.07) is 4.47. The van der Waals surface area contributed by atoms with Crippen molar-refractivity contribution in [3.05, 3.63) is 29.3 Å². The zero-order chi connectivity index (χ0) is 16.7. The molecule has 0 aromatic heterocycles. The van der Waals surface area contributed by atoms with Gasteiger partial charge in [0.25, 0.3) is 0 Å². The highest BCUT2D eigenvalue weighted by Crippen LogP contribution is 2.22. The van der Waals surface area contributed by atoms with Crippen LogP contribution in [0.15, 0.2) is 18.2 Å². The Kier molecular flexibility index (Phi) is 7.04. The monoisotopic (exact) mass is 316 g/mol. The van der Waals surface area contributed by atoms with E-state index < -0.39 is 12.7 Å². The first-order chi connectivity index (χ1) is 10.3. The van der Waals surface area contributed by atoms with Crippen molar-refractivity contribution in [2.75, 3.05) is 13.6 Å². The number of hydrogen-bond acceptors (Lipinski definition) is 3. The van der Waals surface area contributed by atoms with Gasteiger partial charge >= 0.3 is 12.6 Å². The number of amides is 2. The van der Waals surface area contributed by atoms with E-state index in [-0.39, 0.29) is 18.3 Å². The molecule has 7 heteroatoms. The van der Waals surface area contributed by atoms with Crippen molar-refractivity contribution in [1.82, 2.24) is 10.2 Å². The van der Waals surface area contributed by atoms with E-state index in [0.717, 1.165) is 5.56 Å². The topological polar surface area (TPSA) is 61.8 Å². The van der Waals surface area contributed by atoms with Gasteiger partial charge in [0.15, 0.2) is 0 Å². The lowest BCUT2D eigenvalue weighted by molar-refractivity contribution is -0.0504.